The minimum Gasteiger partial charge on any atom is -0.335 e. The Labute approximate surface area is 133 Å². The third kappa shape index (κ3) is 2.57. The van der Waals surface area contributed by atoms with Crippen LogP contribution in [-0.4, -0.2) is 22.3 Å². The molecule has 3 nitrogen and oxygen atoms in total. The third-order valence-electron chi connectivity index (χ3n) is 5.32. The van der Waals surface area contributed by atoms with E-state index in [2.05, 4.69) is 43.7 Å². The molecule has 1 aromatic rings. The predicted molar refractivity (Wildman–Crippen MR) is 88.1 cm³/mol. The summed E-state index contributed by atoms with van der Waals surface area (Å²) in [6.45, 7) is 9.56. The van der Waals surface area contributed by atoms with Crippen LogP contribution in [0.15, 0.2) is 36.2 Å². The zero-order valence-corrected chi connectivity index (χ0v) is 14.0. The second-order valence-electron chi connectivity index (χ2n) is 7.54. The van der Waals surface area contributed by atoms with Crippen molar-refractivity contribution in [1.82, 2.24) is 9.88 Å². The number of amides is 1. The molecule has 22 heavy (non-hydrogen) atoms. The van der Waals surface area contributed by atoms with Crippen LogP contribution in [0.1, 0.15) is 52.1 Å². The van der Waals surface area contributed by atoms with Crippen molar-refractivity contribution in [3.63, 3.8) is 0 Å². The Kier molecular flexibility index (Phi) is 3.84. The maximum atomic E-state index is 13.1. The fraction of sp³-hybridized carbons (Fsp3) is 0.579. The lowest BCUT2D eigenvalue weighted by molar-refractivity contribution is -0.134. The van der Waals surface area contributed by atoms with Gasteiger partial charge in [-0.2, -0.15) is 0 Å². The molecule has 2 heterocycles. The third-order valence-corrected chi connectivity index (χ3v) is 5.32. The summed E-state index contributed by atoms with van der Waals surface area (Å²) in [5.41, 5.74) is 2.62. The van der Waals surface area contributed by atoms with Gasteiger partial charge in [-0.1, -0.05) is 25.5 Å². The maximum absolute atomic E-state index is 13.1. The van der Waals surface area contributed by atoms with Crippen molar-refractivity contribution < 1.29 is 4.79 Å². The van der Waals surface area contributed by atoms with E-state index in [0.717, 1.165) is 19.4 Å². The van der Waals surface area contributed by atoms with Crippen molar-refractivity contribution in [2.45, 2.75) is 46.6 Å². The molecule has 2 fully saturated rings. The van der Waals surface area contributed by atoms with Crippen LogP contribution in [0.2, 0.25) is 0 Å². The molecule has 0 bridgehead atoms. The van der Waals surface area contributed by atoms with Gasteiger partial charge in [0.25, 0.3) is 0 Å². The molecule has 3 heteroatoms. The van der Waals surface area contributed by atoms with Gasteiger partial charge < -0.3 is 4.90 Å². The predicted octanol–water partition coefficient (Wildman–Crippen LogP) is 3.98. The zero-order valence-electron chi connectivity index (χ0n) is 14.0. The summed E-state index contributed by atoms with van der Waals surface area (Å²) in [6.07, 6.45) is 8.09. The van der Waals surface area contributed by atoms with Crippen LogP contribution in [0.5, 0.6) is 0 Å². The summed E-state index contributed by atoms with van der Waals surface area (Å²) in [4.78, 5) is 19.3. The summed E-state index contributed by atoms with van der Waals surface area (Å²) in [5, 5.41) is 0. The molecule has 1 saturated heterocycles. The van der Waals surface area contributed by atoms with E-state index in [1.165, 1.54) is 11.1 Å². The molecule has 3 rings (SSSR count). The maximum Gasteiger partial charge on any atom is 0.227 e. The molecule has 1 saturated carbocycles. The molecule has 118 valence electrons. The number of allylic oxidation sites excluding steroid dienone is 2. The van der Waals surface area contributed by atoms with Crippen molar-refractivity contribution in [3.8, 4) is 0 Å². The van der Waals surface area contributed by atoms with Crippen molar-refractivity contribution in [2.24, 2.45) is 17.3 Å². The van der Waals surface area contributed by atoms with Gasteiger partial charge in [-0.25, -0.2) is 0 Å². The van der Waals surface area contributed by atoms with Gasteiger partial charge in [0.05, 0.1) is 12.0 Å². The quantitative estimate of drug-likeness (QED) is 0.791. The highest BCUT2D eigenvalue weighted by Gasteiger charge is 2.61. The molecule has 1 aromatic heterocycles. The number of rotatable bonds is 3. The van der Waals surface area contributed by atoms with Crippen LogP contribution < -0.4 is 0 Å². The molecule has 3 atom stereocenters. The van der Waals surface area contributed by atoms with E-state index < -0.39 is 0 Å². The lowest BCUT2D eigenvalue weighted by atomic mass is 10.0. The van der Waals surface area contributed by atoms with Gasteiger partial charge in [-0.3, -0.25) is 9.78 Å². The van der Waals surface area contributed by atoms with Crippen molar-refractivity contribution in [1.29, 1.82) is 0 Å². The second kappa shape index (κ2) is 5.53. The second-order valence-corrected chi connectivity index (χ2v) is 7.54. The van der Waals surface area contributed by atoms with Gasteiger partial charge in [-0.05, 0) is 55.7 Å². The molecule has 2 aliphatic rings. The average Bonchev–Trinajstić information content (AvgIpc) is 2.86. The number of aromatic nitrogens is 1. The smallest absolute Gasteiger partial charge is 0.227 e. The summed E-state index contributed by atoms with van der Waals surface area (Å²) >= 11 is 0. The Bertz CT molecular complexity index is 587. The zero-order chi connectivity index (χ0) is 15.9. The van der Waals surface area contributed by atoms with Crippen molar-refractivity contribution >= 4 is 5.91 Å². The fourth-order valence-corrected chi connectivity index (χ4v) is 3.96. The number of hydrogen-bond acceptors (Lipinski definition) is 2. The first-order valence-corrected chi connectivity index (χ1v) is 8.28. The molecule has 1 aliphatic carbocycles. The van der Waals surface area contributed by atoms with Crippen LogP contribution in [0.25, 0.3) is 0 Å². The van der Waals surface area contributed by atoms with E-state index in [4.69, 9.17) is 0 Å². The molecule has 0 spiro atoms. The van der Waals surface area contributed by atoms with Crippen LogP contribution in [-0.2, 0) is 4.79 Å². The van der Waals surface area contributed by atoms with E-state index in [0.29, 0.717) is 11.8 Å². The molecule has 1 amide bonds. The van der Waals surface area contributed by atoms with E-state index in [9.17, 15) is 4.79 Å². The first-order valence-electron chi connectivity index (χ1n) is 8.28. The van der Waals surface area contributed by atoms with Gasteiger partial charge in [0.2, 0.25) is 5.91 Å². The Morgan fingerprint density at radius 2 is 2.00 bits per heavy atom. The monoisotopic (exact) mass is 298 g/mol. The minimum absolute atomic E-state index is 0.0970. The first-order chi connectivity index (χ1) is 10.4. The van der Waals surface area contributed by atoms with Gasteiger partial charge in [-0.15, -0.1) is 0 Å². The van der Waals surface area contributed by atoms with E-state index in [1.807, 2.05) is 24.5 Å². The Balaban J connectivity index is 1.79. The Morgan fingerprint density at radius 1 is 1.32 bits per heavy atom. The number of carbonyl (C=O) groups excluding carboxylic acids is 1. The highest BCUT2D eigenvalue weighted by atomic mass is 16.2. The lowest BCUT2D eigenvalue weighted by Gasteiger charge is -2.25. The van der Waals surface area contributed by atoms with Gasteiger partial charge in [0.15, 0.2) is 0 Å². The normalized spacial score (nSPS) is 29.3. The van der Waals surface area contributed by atoms with Crippen LogP contribution in [0, 0.1) is 17.3 Å². The Hall–Kier alpha value is -1.64. The number of hydrogen-bond donors (Lipinski definition) is 0. The molecular weight excluding hydrogens is 272 g/mol. The molecular formula is C19H26N2O. The van der Waals surface area contributed by atoms with E-state index >= 15 is 0 Å². The van der Waals surface area contributed by atoms with Crippen molar-refractivity contribution in [2.75, 3.05) is 6.54 Å². The topological polar surface area (TPSA) is 33.2 Å². The first kappa shape index (κ1) is 15.3. The molecule has 3 unspecified atom stereocenters. The average molecular weight is 298 g/mol. The highest BCUT2D eigenvalue weighted by molar-refractivity contribution is 5.84. The van der Waals surface area contributed by atoms with E-state index in [-0.39, 0.29) is 17.4 Å². The van der Waals surface area contributed by atoms with Gasteiger partial charge in [0.1, 0.15) is 0 Å². The molecule has 0 aromatic carbocycles. The lowest BCUT2D eigenvalue weighted by Crippen LogP contribution is -2.33. The largest absolute Gasteiger partial charge is 0.335 e. The van der Waals surface area contributed by atoms with Crippen LogP contribution in [0.4, 0.5) is 0 Å². The summed E-state index contributed by atoms with van der Waals surface area (Å²) in [6, 6.07) is 4.32. The molecule has 0 radical (unpaired) electrons. The standard InChI is InChI=1S/C19H26N2O/c1-13(2)12-15-17(19(15,3)4)18(22)21-11-5-6-16(21)14-7-9-20-10-8-14/h7-10,12,15-17H,5-6,11H2,1-4H3. The number of carbonyl (C=O) groups is 1. The number of likely N-dealkylation sites (tertiary alicyclic amines) is 1. The van der Waals surface area contributed by atoms with E-state index in [1.54, 1.807) is 0 Å². The van der Waals surface area contributed by atoms with Gasteiger partial charge in [0, 0.05) is 18.9 Å². The summed E-state index contributed by atoms with van der Waals surface area (Å²) in [7, 11) is 0. The molecule has 0 N–H and O–H groups in total. The van der Waals surface area contributed by atoms with Crippen LogP contribution in [0.3, 0.4) is 0 Å². The minimum atomic E-state index is 0.0970. The highest BCUT2D eigenvalue weighted by Crippen LogP contribution is 2.60. The number of pyridine rings is 1. The van der Waals surface area contributed by atoms with Gasteiger partial charge >= 0.3 is 0 Å². The fourth-order valence-electron chi connectivity index (χ4n) is 3.96. The summed E-state index contributed by atoms with van der Waals surface area (Å²) < 4.78 is 0. The SMILES string of the molecule is CC(C)=CC1C(C(=O)N2CCCC2c2ccncc2)C1(C)C. The Morgan fingerprint density at radius 3 is 2.64 bits per heavy atom. The molecule has 1 aliphatic heterocycles. The van der Waals surface area contributed by atoms with Crippen molar-refractivity contribution in [3.05, 3.63) is 41.7 Å². The van der Waals surface area contributed by atoms with Crippen LogP contribution >= 0.6 is 0 Å². The number of nitrogens with zero attached hydrogens (tertiary/aromatic N) is 2. The summed E-state index contributed by atoms with van der Waals surface area (Å²) in [5.74, 6) is 0.875.